The summed E-state index contributed by atoms with van der Waals surface area (Å²) in [6, 6.07) is 16.1. The first-order valence-electron chi connectivity index (χ1n) is 9.98. The highest BCUT2D eigenvalue weighted by atomic mass is 16.5. The summed E-state index contributed by atoms with van der Waals surface area (Å²) in [6.45, 7) is 2.28. The number of pyridine rings is 1. The van der Waals surface area contributed by atoms with Gasteiger partial charge in [0.05, 0.1) is 13.7 Å². The highest BCUT2D eigenvalue weighted by Crippen LogP contribution is 2.28. The van der Waals surface area contributed by atoms with Gasteiger partial charge in [-0.05, 0) is 42.3 Å². The van der Waals surface area contributed by atoms with Gasteiger partial charge >= 0.3 is 0 Å². The maximum absolute atomic E-state index is 12.8. The predicted molar refractivity (Wildman–Crippen MR) is 120 cm³/mol. The van der Waals surface area contributed by atoms with Crippen LogP contribution in [0.3, 0.4) is 0 Å². The van der Waals surface area contributed by atoms with Crippen molar-refractivity contribution in [3.8, 4) is 11.5 Å². The number of aromatic nitrogens is 1. The van der Waals surface area contributed by atoms with E-state index in [0.29, 0.717) is 18.0 Å². The Kier molecular flexibility index (Phi) is 7.28. The lowest BCUT2D eigenvalue weighted by atomic mass is 10.1. The van der Waals surface area contributed by atoms with Crippen molar-refractivity contribution >= 4 is 11.8 Å². The van der Waals surface area contributed by atoms with E-state index in [4.69, 9.17) is 15.2 Å². The number of ether oxygens (including phenoxy) is 2. The van der Waals surface area contributed by atoms with Crippen LogP contribution in [0.4, 0.5) is 0 Å². The molecule has 0 saturated heterocycles. The summed E-state index contributed by atoms with van der Waals surface area (Å²) in [5, 5.41) is 2.75. The Hall–Kier alpha value is -4.07. The fourth-order valence-electron chi connectivity index (χ4n) is 3.21. The summed E-state index contributed by atoms with van der Waals surface area (Å²) in [5.41, 5.74) is 7.61. The van der Waals surface area contributed by atoms with E-state index in [0.717, 1.165) is 16.7 Å². The second kappa shape index (κ2) is 10.3. The molecule has 8 heteroatoms. The zero-order valence-electron chi connectivity index (χ0n) is 18.0. The number of methoxy groups -OCH3 is 1. The second-order valence-electron chi connectivity index (χ2n) is 7.27. The molecule has 0 bridgehead atoms. The summed E-state index contributed by atoms with van der Waals surface area (Å²) < 4.78 is 12.1. The van der Waals surface area contributed by atoms with E-state index < -0.39 is 11.8 Å². The number of rotatable bonds is 9. The van der Waals surface area contributed by atoms with Crippen LogP contribution in [0.1, 0.15) is 27.0 Å². The number of nitrogens with one attached hydrogen (secondary N) is 1. The molecule has 0 aliphatic carbocycles. The first-order valence-corrected chi connectivity index (χ1v) is 9.98. The minimum atomic E-state index is -0.598. The van der Waals surface area contributed by atoms with Gasteiger partial charge in [-0.3, -0.25) is 14.4 Å². The van der Waals surface area contributed by atoms with Crippen LogP contribution in [-0.4, -0.2) is 30.1 Å². The lowest BCUT2D eigenvalue weighted by Gasteiger charge is -2.12. The molecule has 3 aromatic rings. The van der Waals surface area contributed by atoms with Gasteiger partial charge in [0.1, 0.15) is 5.56 Å². The minimum Gasteiger partial charge on any atom is -0.493 e. The van der Waals surface area contributed by atoms with Gasteiger partial charge < -0.3 is 25.1 Å². The Labute approximate surface area is 185 Å². The Morgan fingerprint density at radius 1 is 1.03 bits per heavy atom. The molecule has 0 aliphatic rings. The average molecular weight is 435 g/mol. The van der Waals surface area contributed by atoms with Crippen LogP contribution < -0.4 is 26.1 Å². The molecule has 0 spiro atoms. The van der Waals surface area contributed by atoms with Crippen LogP contribution in [0.5, 0.6) is 11.5 Å². The van der Waals surface area contributed by atoms with E-state index in [2.05, 4.69) is 5.32 Å². The Morgan fingerprint density at radius 2 is 1.84 bits per heavy atom. The molecule has 8 nitrogen and oxygen atoms in total. The molecule has 1 aromatic heterocycles. The third-order valence-electron chi connectivity index (χ3n) is 4.75. The van der Waals surface area contributed by atoms with Crippen molar-refractivity contribution in [2.75, 3.05) is 13.7 Å². The summed E-state index contributed by atoms with van der Waals surface area (Å²) in [5.74, 6) is -0.303. The zero-order chi connectivity index (χ0) is 23.1. The standard InChI is InChI=1S/C24H25N3O5/c1-16-5-3-6-18(11-16)14-27-10-4-7-19(24(27)30)23(29)26-13-17-8-9-20(21(12-17)31-2)32-15-22(25)28/h3-12H,13-15H2,1-2H3,(H2,25,28)(H,26,29). The molecule has 32 heavy (non-hydrogen) atoms. The predicted octanol–water partition coefficient (Wildman–Crippen LogP) is 2.01. The first-order chi connectivity index (χ1) is 15.4. The number of nitrogens with zero attached hydrogens (tertiary/aromatic N) is 1. The van der Waals surface area contributed by atoms with Gasteiger partial charge in [-0.1, -0.05) is 35.9 Å². The molecule has 1 heterocycles. The fraction of sp³-hybridized carbons (Fsp3) is 0.208. The number of carbonyl (C=O) groups excluding carboxylic acids is 2. The van der Waals surface area contributed by atoms with E-state index in [9.17, 15) is 14.4 Å². The molecule has 3 N–H and O–H groups in total. The minimum absolute atomic E-state index is 0.0635. The van der Waals surface area contributed by atoms with Gasteiger partial charge in [0, 0.05) is 12.7 Å². The van der Waals surface area contributed by atoms with Gasteiger partial charge in [0.15, 0.2) is 18.1 Å². The Morgan fingerprint density at radius 3 is 2.56 bits per heavy atom. The molecule has 0 aliphatic heterocycles. The normalized spacial score (nSPS) is 10.4. The highest BCUT2D eigenvalue weighted by molar-refractivity contribution is 5.93. The third kappa shape index (κ3) is 5.75. The van der Waals surface area contributed by atoms with E-state index in [-0.39, 0.29) is 24.3 Å². The van der Waals surface area contributed by atoms with E-state index in [1.807, 2.05) is 31.2 Å². The maximum Gasteiger partial charge on any atom is 0.263 e. The smallest absolute Gasteiger partial charge is 0.263 e. The fourth-order valence-corrected chi connectivity index (χ4v) is 3.21. The molecular formula is C24H25N3O5. The summed E-state index contributed by atoms with van der Waals surface area (Å²) in [6.07, 6.45) is 1.66. The lowest BCUT2D eigenvalue weighted by molar-refractivity contribution is -0.119. The molecule has 0 atom stereocenters. The SMILES string of the molecule is COc1cc(CNC(=O)c2cccn(Cc3cccc(C)c3)c2=O)ccc1OCC(N)=O. The Balaban J connectivity index is 1.70. The van der Waals surface area contributed by atoms with Crippen molar-refractivity contribution in [2.45, 2.75) is 20.0 Å². The molecule has 166 valence electrons. The van der Waals surface area contributed by atoms with E-state index in [1.54, 1.807) is 30.5 Å². The highest BCUT2D eigenvalue weighted by Gasteiger charge is 2.13. The van der Waals surface area contributed by atoms with Gasteiger partial charge in [0.2, 0.25) is 0 Å². The molecule has 0 unspecified atom stereocenters. The summed E-state index contributed by atoms with van der Waals surface area (Å²) in [4.78, 5) is 36.4. The van der Waals surface area contributed by atoms with Crippen molar-refractivity contribution in [1.29, 1.82) is 0 Å². The second-order valence-corrected chi connectivity index (χ2v) is 7.27. The number of primary amides is 1. The van der Waals surface area contributed by atoms with Crippen LogP contribution >= 0.6 is 0 Å². The average Bonchev–Trinajstić information content (AvgIpc) is 2.77. The number of carbonyl (C=O) groups is 2. The topological polar surface area (TPSA) is 113 Å². The molecule has 2 amide bonds. The zero-order valence-corrected chi connectivity index (χ0v) is 18.0. The van der Waals surface area contributed by atoms with Crippen LogP contribution in [0.15, 0.2) is 65.6 Å². The molecular weight excluding hydrogens is 410 g/mol. The maximum atomic E-state index is 12.8. The summed E-state index contributed by atoms with van der Waals surface area (Å²) in [7, 11) is 1.47. The van der Waals surface area contributed by atoms with Crippen LogP contribution in [0.2, 0.25) is 0 Å². The first kappa shape index (κ1) is 22.6. The monoisotopic (exact) mass is 435 g/mol. The van der Waals surface area contributed by atoms with Gasteiger partial charge in [-0.2, -0.15) is 0 Å². The number of benzene rings is 2. The van der Waals surface area contributed by atoms with Crippen molar-refractivity contribution in [3.63, 3.8) is 0 Å². The van der Waals surface area contributed by atoms with E-state index in [1.165, 1.54) is 17.7 Å². The van der Waals surface area contributed by atoms with Crippen molar-refractivity contribution in [3.05, 3.63) is 93.4 Å². The lowest BCUT2D eigenvalue weighted by Crippen LogP contribution is -2.32. The molecule has 3 rings (SSSR count). The Bertz CT molecular complexity index is 1190. The van der Waals surface area contributed by atoms with E-state index >= 15 is 0 Å². The van der Waals surface area contributed by atoms with Crippen molar-refractivity contribution in [1.82, 2.24) is 9.88 Å². The van der Waals surface area contributed by atoms with Gasteiger partial charge in [0.25, 0.3) is 17.4 Å². The van der Waals surface area contributed by atoms with Gasteiger partial charge in [-0.15, -0.1) is 0 Å². The number of hydrogen-bond acceptors (Lipinski definition) is 5. The van der Waals surface area contributed by atoms with Crippen LogP contribution in [0.25, 0.3) is 0 Å². The number of nitrogens with two attached hydrogens (primary N) is 1. The molecule has 0 saturated carbocycles. The van der Waals surface area contributed by atoms with Crippen LogP contribution in [-0.2, 0) is 17.9 Å². The molecule has 0 fully saturated rings. The van der Waals surface area contributed by atoms with Crippen LogP contribution in [0, 0.1) is 6.92 Å². The largest absolute Gasteiger partial charge is 0.493 e. The number of aryl methyl sites for hydroxylation is 1. The number of amides is 2. The third-order valence-corrected chi connectivity index (χ3v) is 4.75. The number of hydrogen-bond donors (Lipinski definition) is 2. The molecule has 2 aromatic carbocycles. The quantitative estimate of drug-likeness (QED) is 0.534. The van der Waals surface area contributed by atoms with Crippen molar-refractivity contribution in [2.24, 2.45) is 5.73 Å². The molecule has 0 radical (unpaired) electrons. The van der Waals surface area contributed by atoms with Crippen molar-refractivity contribution < 1.29 is 19.1 Å². The van der Waals surface area contributed by atoms with Gasteiger partial charge in [-0.25, -0.2) is 0 Å². The summed E-state index contributed by atoms with van der Waals surface area (Å²) >= 11 is 0.